The molecular weight excluding hydrogens is 528 g/mol. The molecule has 0 spiro atoms. The van der Waals surface area contributed by atoms with Gasteiger partial charge in [-0.2, -0.15) is 0 Å². The molecule has 0 aliphatic carbocycles. The molecule has 1 unspecified atom stereocenters. The summed E-state index contributed by atoms with van der Waals surface area (Å²) in [5, 5.41) is 11.5. The number of carbonyl (C=O) groups excluding carboxylic acids is 2. The van der Waals surface area contributed by atoms with Crippen molar-refractivity contribution in [3.63, 3.8) is 0 Å². The van der Waals surface area contributed by atoms with Gasteiger partial charge in [0, 0.05) is 18.7 Å². The number of aliphatic hydroxyl groups excluding tert-OH is 1. The first-order valence-electron chi connectivity index (χ1n) is 14.7. The zero-order valence-corrected chi connectivity index (χ0v) is 25.3. The second-order valence-corrected chi connectivity index (χ2v) is 11.0. The van der Waals surface area contributed by atoms with Crippen LogP contribution in [0.1, 0.15) is 56.0 Å². The van der Waals surface area contributed by atoms with E-state index in [4.69, 9.17) is 9.47 Å². The van der Waals surface area contributed by atoms with Gasteiger partial charge in [-0.05, 0) is 73.0 Å². The predicted octanol–water partition coefficient (Wildman–Crippen LogP) is 6.37. The minimum Gasteiger partial charge on any atom is -0.507 e. The first-order valence-corrected chi connectivity index (χ1v) is 14.7. The number of hydrogen-bond acceptors (Lipinski definition) is 6. The Labute approximate surface area is 249 Å². The molecule has 1 atom stereocenters. The number of amides is 1. The molecule has 1 heterocycles. The number of rotatable bonds is 13. The molecule has 1 aliphatic rings. The Balaban J connectivity index is 1.68. The third-order valence-corrected chi connectivity index (χ3v) is 7.56. The van der Waals surface area contributed by atoms with Gasteiger partial charge in [0.05, 0.1) is 18.2 Å². The van der Waals surface area contributed by atoms with Crippen LogP contribution in [0, 0.1) is 12.8 Å². The number of likely N-dealkylation sites (tertiary alicyclic amines) is 1. The van der Waals surface area contributed by atoms with Crippen molar-refractivity contribution >= 4 is 17.4 Å². The largest absolute Gasteiger partial charge is 0.507 e. The quantitative estimate of drug-likeness (QED) is 0.146. The highest BCUT2D eigenvalue weighted by Gasteiger charge is 2.46. The van der Waals surface area contributed by atoms with Crippen LogP contribution in [-0.2, 0) is 16.2 Å². The Hall–Kier alpha value is -4.10. The summed E-state index contributed by atoms with van der Waals surface area (Å²) in [6.07, 6.45) is 0. The maximum Gasteiger partial charge on any atom is 0.295 e. The first kappa shape index (κ1) is 30.8. The summed E-state index contributed by atoms with van der Waals surface area (Å²) in [6, 6.07) is 21.9. The van der Waals surface area contributed by atoms with Gasteiger partial charge in [0.2, 0.25) is 0 Å². The second kappa shape index (κ2) is 14.2. The van der Waals surface area contributed by atoms with Crippen LogP contribution in [0.4, 0.5) is 0 Å². The fourth-order valence-electron chi connectivity index (χ4n) is 5.10. The molecule has 7 nitrogen and oxygen atoms in total. The molecule has 1 aliphatic heterocycles. The molecule has 1 amide bonds. The van der Waals surface area contributed by atoms with E-state index in [1.54, 1.807) is 23.1 Å². The number of Topliss-reactive ketones (excluding diaryl/α,β-unsaturated/α-hetero) is 1. The lowest BCUT2D eigenvalue weighted by Crippen LogP contribution is -2.38. The molecular formula is C35H42N2O5. The average molecular weight is 571 g/mol. The van der Waals surface area contributed by atoms with E-state index in [0.717, 1.165) is 35.5 Å². The summed E-state index contributed by atoms with van der Waals surface area (Å²) >= 11 is 0. The molecule has 7 heteroatoms. The summed E-state index contributed by atoms with van der Waals surface area (Å²) in [6.45, 7) is 13.9. The number of benzene rings is 3. The molecule has 1 N–H and O–H groups in total. The normalized spacial score (nSPS) is 16.5. The van der Waals surface area contributed by atoms with Crippen molar-refractivity contribution in [3.05, 3.63) is 101 Å². The van der Waals surface area contributed by atoms with Crippen LogP contribution in [0.5, 0.6) is 11.5 Å². The maximum atomic E-state index is 13.5. The third kappa shape index (κ3) is 7.21. The monoisotopic (exact) mass is 570 g/mol. The van der Waals surface area contributed by atoms with Gasteiger partial charge in [-0.15, -0.1) is 0 Å². The van der Waals surface area contributed by atoms with Crippen molar-refractivity contribution in [2.45, 2.75) is 47.3 Å². The second-order valence-electron chi connectivity index (χ2n) is 11.0. The van der Waals surface area contributed by atoms with E-state index in [9.17, 15) is 14.7 Å². The number of carbonyl (C=O) groups is 2. The molecule has 0 radical (unpaired) electrons. The number of hydrogen-bond donors (Lipinski definition) is 1. The number of ketones is 1. The molecule has 0 saturated carbocycles. The molecule has 4 rings (SSSR count). The van der Waals surface area contributed by atoms with Crippen LogP contribution >= 0.6 is 0 Å². The fraction of sp³-hybridized carbons (Fsp3) is 0.371. The molecule has 42 heavy (non-hydrogen) atoms. The van der Waals surface area contributed by atoms with Crippen LogP contribution < -0.4 is 9.47 Å². The standard InChI is InChI=1S/C35H42N2O5/c1-6-36(7-2)19-20-37-32(27-13-16-29(17-14-27)41-23-26-11-9-8-10-12-26)31(34(39)35(37)40)33(38)28-15-18-30(25(5)21-28)42-22-24(3)4/h8-18,21,24,32,38H,6-7,19-20,22-23H2,1-5H3/b33-31+. The molecule has 3 aromatic carbocycles. The Kier molecular flexibility index (Phi) is 10.4. The lowest BCUT2D eigenvalue weighted by Gasteiger charge is -2.28. The lowest BCUT2D eigenvalue weighted by molar-refractivity contribution is -0.140. The summed E-state index contributed by atoms with van der Waals surface area (Å²) < 4.78 is 11.9. The van der Waals surface area contributed by atoms with Crippen molar-refractivity contribution in [2.75, 3.05) is 32.8 Å². The van der Waals surface area contributed by atoms with Gasteiger partial charge in [0.15, 0.2) is 0 Å². The summed E-state index contributed by atoms with van der Waals surface area (Å²) in [7, 11) is 0. The summed E-state index contributed by atoms with van der Waals surface area (Å²) in [5.41, 5.74) is 3.19. The van der Waals surface area contributed by atoms with E-state index < -0.39 is 17.7 Å². The first-order chi connectivity index (χ1) is 20.2. The topological polar surface area (TPSA) is 79.3 Å². The van der Waals surface area contributed by atoms with Gasteiger partial charge in [-0.1, -0.05) is 70.2 Å². The molecule has 3 aromatic rings. The van der Waals surface area contributed by atoms with Crippen molar-refractivity contribution in [1.82, 2.24) is 9.80 Å². The summed E-state index contributed by atoms with van der Waals surface area (Å²) in [4.78, 5) is 30.7. The van der Waals surface area contributed by atoms with Gasteiger partial charge in [-0.25, -0.2) is 0 Å². The predicted molar refractivity (Wildman–Crippen MR) is 166 cm³/mol. The van der Waals surface area contributed by atoms with Gasteiger partial charge < -0.3 is 24.4 Å². The molecule has 1 fully saturated rings. The van der Waals surface area contributed by atoms with E-state index in [1.165, 1.54) is 0 Å². The number of ether oxygens (including phenoxy) is 2. The Morgan fingerprint density at radius 3 is 2.26 bits per heavy atom. The zero-order chi connectivity index (χ0) is 30.2. The Bertz CT molecular complexity index is 1390. The van der Waals surface area contributed by atoms with Gasteiger partial charge in [0.25, 0.3) is 11.7 Å². The van der Waals surface area contributed by atoms with Gasteiger partial charge in [-0.3, -0.25) is 9.59 Å². The summed E-state index contributed by atoms with van der Waals surface area (Å²) in [5.74, 6) is 0.301. The van der Waals surface area contributed by atoms with Gasteiger partial charge in [0.1, 0.15) is 23.9 Å². The van der Waals surface area contributed by atoms with E-state index in [-0.39, 0.29) is 11.3 Å². The van der Waals surface area contributed by atoms with E-state index in [1.807, 2.05) is 61.5 Å². The lowest BCUT2D eigenvalue weighted by atomic mass is 9.94. The van der Waals surface area contributed by atoms with Crippen LogP contribution in [0.2, 0.25) is 0 Å². The van der Waals surface area contributed by atoms with E-state index >= 15 is 0 Å². The molecule has 222 valence electrons. The number of nitrogens with zero attached hydrogens (tertiary/aromatic N) is 2. The van der Waals surface area contributed by atoms with Crippen molar-refractivity contribution in [2.24, 2.45) is 5.92 Å². The SMILES string of the molecule is CCN(CC)CCN1C(=O)C(=O)/C(=C(/O)c2ccc(OCC(C)C)c(C)c2)C1c1ccc(OCc2ccccc2)cc1. The number of likely N-dealkylation sites (N-methyl/N-ethyl adjacent to an activating group) is 1. The molecule has 0 bridgehead atoms. The molecule has 1 saturated heterocycles. The van der Waals surface area contributed by atoms with Crippen LogP contribution in [0.3, 0.4) is 0 Å². The zero-order valence-electron chi connectivity index (χ0n) is 25.3. The Morgan fingerprint density at radius 2 is 1.64 bits per heavy atom. The van der Waals surface area contributed by atoms with Crippen LogP contribution in [0.25, 0.3) is 5.76 Å². The minimum atomic E-state index is -0.721. The van der Waals surface area contributed by atoms with E-state index in [2.05, 4.69) is 32.6 Å². The third-order valence-electron chi connectivity index (χ3n) is 7.56. The maximum absolute atomic E-state index is 13.5. The number of aliphatic hydroxyl groups is 1. The van der Waals surface area contributed by atoms with Crippen molar-refractivity contribution < 1.29 is 24.2 Å². The van der Waals surface area contributed by atoms with Crippen molar-refractivity contribution in [1.29, 1.82) is 0 Å². The highest BCUT2D eigenvalue weighted by molar-refractivity contribution is 6.46. The van der Waals surface area contributed by atoms with Crippen molar-refractivity contribution in [3.8, 4) is 11.5 Å². The highest BCUT2D eigenvalue weighted by Crippen LogP contribution is 2.40. The Morgan fingerprint density at radius 1 is 0.952 bits per heavy atom. The van der Waals surface area contributed by atoms with Crippen LogP contribution in [-0.4, -0.2) is 59.4 Å². The smallest absolute Gasteiger partial charge is 0.295 e. The number of aryl methyl sites for hydroxylation is 1. The average Bonchev–Trinajstić information content (AvgIpc) is 3.25. The minimum absolute atomic E-state index is 0.0905. The van der Waals surface area contributed by atoms with Crippen LogP contribution in [0.15, 0.2) is 78.4 Å². The van der Waals surface area contributed by atoms with E-state index in [0.29, 0.717) is 43.5 Å². The van der Waals surface area contributed by atoms with Gasteiger partial charge >= 0.3 is 0 Å². The highest BCUT2D eigenvalue weighted by atomic mass is 16.5. The molecule has 0 aromatic heterocycles. The fourth-order valence-corrected chi connectivity index (χ4v) is 5.10.